The first kappa shape index (κ1) is 14.1. The predicted molar refractivity (Wildman–Crippen MR) is 73.8 cm³/mol. The number of nitrogens with zero attached hydrogens (tertiary/aromatic N) is 3. The van der Waals surface area contributed by atoms with Crippen LogP contribution in [0, 0.1) is 17.1 Å². The smallest absolute Gasteiger partial charge is 0.189 e. The Balaban J connectivity index is 1.83. The molecule has 1 aromatic heterocycles. The summed E-state index contributed by atoms with van der Waals surface area (Å²) in [6.45, 7) is 0.314. The van der Waals surface area contributed by atoms with Crippen molar-refractivity contribution in [3.05, 3.63) is 41.8 Å². The van der Waals surface area contributed by atoms with Gasteiger partial charge in [0, 0.05) is 5.75 Å². The van der Waals surface area contributed by atoms with Crippen molar-refractivity contribution in [2.24, 2.45) is 0 Å². The van der Waals surface area contributed by atoms with Gasteiger partial charge in [0.15, 0.2) is 16.7 Å². The van der Waals surface area contributed by atoms with E-state index in [1.54, 1.807) is 18.2 Å². The lowest BCUT2D eigenvalue weighted by molar-refractivity contribution is 0.325. The van der Waals surface area contributed by atoms with E-state index in [1.807, 2.05) is 6.07 Å². The molecule has 0 spiro atoms. The molecule has 2 rings (SSSR count). The highest BCUT2D eigenvalue weighted by Crippen LogP contribution is 2.18. The van der Waals surface area contributed by atoms with Gasteiger partial charge in [0.2, 0.25) is 0 Å². The summed E-state index contributed by atoms with van der Waals surface area (Å²) in [6.07, 6.45) is 1.38. The summed E-state index contributed by atoms with van der Waals surface area (Å²) in [5.41, 5.74) is 5.83. The molecule has 1 heterocycles. The lowest BCUT2D eigenvalue weighted by atomic mass is 10.3. The minimum absolute atomic E-state index is 0.153. The molecule has 0 aliphatic heterocycles. The van der Waals surface area contributed by atoms with E-state index in [9.17, 15) is 4.39 Å². The van der Waals surface area contributed by atoms with E-state index >= 15 is 0 Å². The Bertz CT molecular complexity index is 645. The molecule has 2 aromatic rings. The van der Waals surface area contributed by atoms with Crippen LogP contribution in [0.5, 0.6) is 5.75 Å². The number of thioether (sulfide) groups is 1. The van der Waals surface area contributed by atoms with Crippen LogP contribution in [0.4, 0.5) is 10.2 Å². The summed E-state index contributed by atoms with van der Waals surface area (Å²) < 4.78 is 18.6. The maximum absolute atomic E-state index is 13.3. The number of anilines is 1. The largest absolute Gasteiger partial charge is 0.490 e. The number of para-hydroxylation sites is 1. The minimum Gasteiger partial charge on any atom is -0.490 e. The molecule has 0 unspecified atom stereocenters. The zero-order chi connectivity index (χ0) is 14.4. The number of nitrogens with two attached hydrogens (primary N) is 1. The lowest BCUT2D eigenvalue weighted by Crippen LogP contribution is -2.03. The van der Waals surface area contributed by atoms with Gasteiger partial charge in [-0.2, -0.15) is 5.26 Å². The van der Waals surface area contributed by atoms with Crippen molar-refractivity contribution in [1.29, 1.82) is 5.26 Å². The summed E-state index contributed by atoms with van der Waals surface area (Å²) >= 11 is 1.32. The zero-order valence-electron chi connectivity index (χ0n) is 10.4. The molecule has 0 aliphatic rings. The Morgan fingerprint density at radius 2 is 2.20 bits per heavy atom. The normalized spacial score (nSPS) is 10.0. The minimum atomic E-state index is -0.392. The van der Waals surface area contributed by atoms with Gasteiger partial charge in [-0.15, -0.1) is 0 Å². The maximum atomic E-state index is 13.3. The second-order valence-corrected chi connectivity index (χ2v) is 4.75. The van der Waals surface area contributed by atoms with Gasteiger partial charge < -0.3 is 10.5 Å². The van der Waals surface area contributed by atoms with E-state index in [4.69, 9.17) is 15.7 Å². The zero-order valence-corrected chi connectivity index (χ0v) is 11.2. The van der Waals surface area contributed by atoms with Crippen molar-refractivity contribution in [1.82, 2.24) is 9.97 Å². The molecule has 1 aromatic carbocycles. The molecular weight excluding hydrogens is 279 g/mol. The van der Waals surface area contributed by atoms with Crippen molar-refractivity contribution in [3.63, 3.8) is 0 Å². The standard InChI is InChI=1S/C13H11FN4OS/c14-10-3-1-2-4-11(10)19-5-6-20-13-17-8-9(7-15)12(16)18-13/h1-4,8H,5-6H2,(H2,16,17,18). The summed E-state index contributed by atoms with van der Waals surface area (Å²) in [4.78, 5) is 7.98. The second kappa shape index (κ2) is 6.73. The van der Waals surface area contributed by atoms with E-state index in [0.717, 1.165) is 0 Å². The summed E-state index contributed by atoms with van der Waals surface area (Å²) in [5, 5.41) is 9.16. The lowest BCUT2D eigenvalue weighted by Gasteiger charge is -2.06. The van der Waals surface area contributed by atoms with Crippen LogP contribution < -0.4 is 10.5 Å². The number of nitrogen functional groups attached to an aromatic ring is 1. The first-order valence-electron chi connectivity index (χ1n) is 5.73. The predicted octanol–water partition coefficient (Wildman–Crippen LogP) is 2.24. The third-order valence-corrected chi connectivity index (χ3v) is 3.15. The van der Waals surface area contributed by atoms with Gasteiger partial charge in [0.25, 0.3) is 0 Å². The van der Waals surface area contributed by atoms with Crippen molar-refractivity contribution in [3.8, 4) is 11.8 Å². The van der Waals surface area contributed by atoms with Crippen LogP contribution in [-0.4, -0.2) is 22.3 Å². The molecule has 0 atom stereocenters. The monoisotopic (exact) mass is 290 g/mol. The van der Waals surface area contributed by atoms with Gasteiger partial charge in [-0.1, -0.05) is 23.9 Å². The van der Waals surface area contributed by atoms with Gasteiger partial charge in [0.1, 0.15) is 17.5 Å². The van der Waals surface area contributed by atoms with Crippen LogP contribution in [0.1, 0.15) is 5.56 Å². The number of hydrogen-bond donors (Lipinski definition) is 1. The van der Waals surface area contributed by atoms with E-state index < -0.39 is 5.82 Å². The van der Waals surface area contributed by atoms with E-state index in [1.165, 1.54) is 24.0 Å². The number of halogens is 1. The topological polar surface area (TPSA) is 84.8 Å². The Morgan fingerprint density at radius 3 is 2.90 bits per heavy atom. The van der Waals surface area contributed by atoms with Gasteiger partial charge in [0.05, 0.1) is 12.8 Å². The first-order chi connectivity index (χ1) is 9.70. The SMILES string of the molecule is N#Cc1cnc(SCCOc2ccccc2F)nc1N. The Labute approximate surface area is 119 Å². The van der Waals surface area contributed by atoms with Crippen LogP contribution in [0.3, 0.4) is 0 Å². The van der Waals surface area contributed by atoms with Crippen LogP contribution >= 0.6 is 11.8 Å². The fourth-order valence-electron chi connectivity index (χ4n) is 1.38. The molecule has 0 aliphatic carbocycles. The molecular formula is C13H11FN4OS. The highest BCUT2D eigenvalue weighted by Gasteiger charge is 2.05. The van der Waals surface area contributed by atoms with Gasteiger partial charge >= 0.3 is 0 Å². The van der Waals surface area contributed by atoms with Crippen molar-refractivity contribution >= 4 is 17.6 Å². The maximum Gasteiger partial charge on any atom is 0.189 e. The fourth-order valence-corrected chi connectivity index (χ4v) is 2.02. The van der Waals surface area contributed by atoms with Crippen LogP contribution in [0.2, 0.25) is 0 Å². The molecule has 20 heavy (non-hydrogen) atoms. The number of nitriles is 1. The number of rotatable bonds is 5. The highest BCUT2D eigenvalue weighted by molar-refractivity contribution is 7.99. The van der Waals surface area contributed by atoms with Crippen LogP contribution in [0.15, 0.2) is 35.6 Å². The summed E-state index contributed by atoms with van der Waals surface area (Å²) in [5.74, 6) is 0.518. The van der Waals surface area contributed by atoms with E-state index in [2.05, 4.69) is 9.97 Å². The van der Waals surface area contributed by atoms with Gasteiger partial charge in [-0.3, -0.25) is 0 Å². The molecule has 0 bridgehead atoms. The highest BCUT2D eigenvalue weighted by atomic mass is 32.2. The first-order valence-corrected chi connectivity index (χ1v) is 6.72. The average molecular weight is 290 g/mol. The van der Waals surface area contributed by atoms with Crippen molar-refractivity contribution in [2.45, 2.75) is 5.16 Å². The molecule has 0 amide bonds. The Kier molecular flexibility index (Phi) is 4.74. The second-order valence-electron chi connectivity index (χ2n) is 3.69. The summed E-state index contributed by atoms with van der Waals surface area (Å²) in [6, 6.07) is 8.10. The van der Waals surface area contributed by atoms with Crippen LogP contribution in [-0.2, 0) is 0 Å². The number of benzene rings is 1. The molecule has 102 valence electrons. The number of ether oxygens (including phenoxy) is 1. The van der Waals surface area contributed by atoms with Gasteiger partial charge in [-0.05, 0) is 12.1 Å². The molecule has 7 heteroatoms. The molecule has 0 saturated heterocycles. The Hall–Kier alpha value is -2.33. The Morgan fingerprint density at radius 1 is 1.40 bits per heavy atom. The van der Waals surface area contributed by atoms with Gasteiger partial charge in [-0.25, -0.2) is 14.4 Å². The summed E-state index contributed by atoms with van der Waals surface area (Å²) in [7, 11) is 0. The molecule has 0 saturated carbocycles. The third-order valence-electron chi connectivity index (χ3n) is 2.33. The molecule has 0 radical (unpaired) electrons. The average Bonchev–Trinajstić information content (AvgIpc) is 2.45. The van der Waals surface area contributed by atoms with Crippen LogP contribution in [0.25, 0.3) is 0 Å². The van der Waals surface area contributed by atoms with E-state index in [-0.39, 0.29) is 17.1 Å². The molecule has 2 N–H and O–H groups in total. The quantitative estimate of drug-likeness (QED) is 0.516. The number of aromatic nitrogens is 2. The van der Waals surface area contributed by atoms with E-state index in [0.29, 0.717) is 17.5 Å². The van der Waals surface area contributed by atoms with Crippen molar-refractivity contribution in [2.75, 3.05) is 18.1 Å². The van der Waals surface area contributed by atoms with Crippen molar-refractivity contribution < 1.29 is 9.13 Å². The number of hydrogen-bond acceptors (Lipinski definition) is 6. The molecule has 0 fully saturated rings. The third kappa shape index (κ3) is 3.59. The molecule has 5 nitrogen and oxygen atoms in total. The fraction of sp³-hybridized carbons (Fsp3) is 0.154.